The average molecular weight is 577 g/mol. The topological polar surface area (TPSA) is 73.0 Å². The molecular weight excluding hydrogens is 554 g/mol. The molecule has 14 heteroatoms. The first-order valence-corrected chi connectivity index (χ1v) is 12.1. The van der Waals surface area contributed by atoms with Gasteiger partial charge in [-0.3, -0.25) is 14.5 Å². The smallest absolute Gasteiger partial charge is 0.334 e. The number of nitrogens with zero attached hydrogens (tertiary/aromatic N) is 3. The molecule has 0 aliphatic carbocycles. The molecule has 0 aromatic heterocycles. The molecule has 2 aliphatic heterocycles. The van der Waals surface area contributed by atoms with Gasteiger partial charge in [-0.15, -0.1) is 0 Å². The first-order chi connectivity index (χ1) is 18.1. The fourth-order valence-electron chi connectivity index (χ4n) is 4.80. The van der Waals surface area contributed by atoms with Gasteiger partial charge in [-0.1, -0.05) is 29.8 Å². The molecule has 0 bridgehead atoms. The van der Waals surface area contributed by atoms with Crippen LogP contribution in [0, 0.1) is 0 Å². The van der Waals surface area contributed by atoms with E-state index in [9.17, 15) is 40.7 Å². The molecule has 0 saturated carbocycles. The van der Waals surface area contributed by atoms with E-state index in [2.05, 4.69) is 5.32 Å². The number of nitrogens with one attached hydrogen (secondary N) is 1. The van der Waals surface area contributed by atoms with Gasteiger partial charge in [0, 0.05) is 31.1 Å². The van der Waals surface area contributed by atoms with Crippen molar-refractivity contribution in [2.45, 2.75) is 44.4 Å². The van der Waals surface area contributed by atoms with Gasteiger partial charge >= 0.3 is 18.4 Å². The quantitative estimate of drug-likeness (QED) is 0.528. The molecule has 2 heterocycles. The molecule has 2 saturated heterocycles. The molecule has 1 atom stereocenters. The van der Waals surface area contributed by atoms with Crippen LogP contribution < -0.4 is 5.32 Å². The van der Waals surface area contributed by atoms with Gasteiger partial charge in [-0.2, -0.15) is 26.3 Å². The Balaban J connectivity index is 1.56. The molecule has 2 aromatic rings. The minimum absolute atomic E-state index is 0.00704. The monoisotopic (exact) mass is 576 g/mol. The van der Waals surface area contributed by atoms with Crippen molar-refractivity contribution in [1.29, 1.82) is 0 Å². The summed E-state index contributed by atoms with van der Waals surface area (Å²) in [4.78, 5) is 42.7. The van der Waals surface area contributed by atoms with Crippen LogP contribution in [0.5, 0.6) is 0 Å². The molecule has 0 spiro atoms. The molecule has 2 fully saturated rings. The second-order valence-corrected chi connectivity index (χ2v) is 9.92. The third kappa shape index (κ3) is 5.92. The maximum atomic E-state index is 13.2. The van der Waals surface area contributed by atoms with Crippen molar-refractivity contribution in [3.8, 4) is 0 Å². The Morgan fingerprint density at radius 2 is 1.62 bits per heavy atom. The molecule has 39 heavy (non-hydrogen) atoms. The molecule has 2 aromatic carbocycles. The number of halogens is 7. The average Bonchev–Trinajstić information content (AvgIpc) is 2.84. The molecule has 0 unspecified atom stereocenters. The number of carbonyl (C=O) groups is 3. The lowest BCUT2D eigenvalue weighted by Gasteiger charge is -2.56. The number of fused-ring (bicyclic) bond motifs is 1. The molecule has 210 valence electrons. The largest absolute Gasteiger partial charge is 0.416 e. The second-order valence-electron chi connectivity index (χ2n) is 9.51. The third-order valence-corrected chi connectivity index (χ3v) is 7.17. The fourth-order valence-corrected chi connectivity index (χ4v) is 5.00. The summed E-state index contributed by atoms with van der Waals surface area (Å²) in [6.07, 6.45) is -10.2. The van der Waals surface area contributed by atoms with E-state index >= 15 is 0 Å². The normalized spacial score (nSPS) is 20.3. The molecule has 4 rings (SSSR count). The lowest BCUT2D eigenvalue weighted by Crippen LogP contribution is -2.75. The maximum Gasteiger partial charge on any atom is 0.416 e. The Kier molecular flexibility index (Phi) is 7.50. The van der Waals surface area contributed by atoms with Crippen LogP contribution in [0.2, 0.25) is 5.02 Å². The molecule has 2 aliphatic rings. The van der Waals surface area contributed by atoms with Gasteiger partial charge in [-0.05, 0) is 42.3 Å². The summed E-state index contributed by atoms with van der Waals surface area (Å²) >= 11 is 6.23. The predicted molar refractivity (Wildman–Crippen MR) is 127 cm³/mol. The van der Waals surface area contributed by atoms with Crippen LogP contribution in [0.3, 0.4) is 0 Å². The maximum absolute atomic E-state index is 13.2. The number of alkyl halides is 6. The Labute approximate surface area is 224 Å². The first kappa shape index (κ1) is 28.5. The van der Waals surface area contributed by atoms with Crippen LogP contribution >= 0.6 is 11.6 Å². The minimum atomic E-state index is -5.03. The van der Waals surface area contributed by atoms with Crippen molar-refractivity contribution in [1.82, 2.24) is 20.0 Å². The summed E-state index contributed by atoms with van der Waals surface area (Å²) in [5.41, 5.74) is -4.07. The first-order valence-electron chi connectivity index (χ1n) is 11.7. The summed E-state index contributed by atoms with van der Waals surface area (Å²) < 4.78 is 79.2. The SMILES string of the molecule is C[C@]12CN(Cc3ccccc3Cl)C(=O)CN1C(=O)CCN2C(=O)NCc1cc(C(F)(F)F)cc(C(F)(F)F)c1. The van der Waals surface area contributed by atoms with Gasteiger partial charge in [0.1, 0.15) is 12.2 Å². The van der Waals surface area contributed by atoms with Crippen molar-refractivity contribution in [3.63, 3.8) is 0 Å². The van der Waals surface area contributed by atoms with Gasteiger partial charge in [0.05, 0.1) is 17.7 Å². The third-order valence-electron chi connectivity index (χ3n) is 6.81. The molecule has 0 radical (unpaired) electrons. The fraction of sp³-hybridized carbons (Fsp3) is 0.400. The summed E-state index contributed by atoms with van der Waals surface area (Å²) in [6.45, 7) is 0.582. The van der Waals surface area contributed by atoms with E-state index in [-0.39, 0.29) is 50.5 Å². The number of hydrogen-bond donors (Lipinski definition) is 1. The van der Waals surface area contributed by atoms with Gasteiger partial charge in [-0.25, -0.2) is 4.79 Å². The van der Waals surface area contributed by atoms with Crippen LogP contribution in [0.15, 0.2) is 42.5 Å². The van der Waals surface area contributed by atoms with Crippen molar-refractivity contribution in [2.75, 3.05) is 19.6 Å². The number of benzene rings is 2. The van der Waals surface area contributed by atoms with Crippen molar-refractivity contribution < 1.29 is 40.7 Å². The van der Waals surface area contributed by atoms with Crippen molar-refractivity contribution in [2.24, 2.45) is 0 Å². The zero-order valence-corrected chi connectivity index (χ0v) is 21.3. The number of rotatable bonds is 4. The highest BCUT2D eigenvalue weighted by molar-refractivity contribution is 6.31. The van der Waals surface area contributed by atoms with Crippen molar-refractivity contribution in [3.05, 3.63) is 69.7 Å². The molecular formula is C25H23ClF6N4O3. The van der Waals surface area contributed by atoms with Gasteiger partial charge in [0.15, 0.2) is 0 Å². The number of hydrogen-bond acceptors (Lipinski definition) is 3. The van der Waals surface area contributed by atoms with Crippen LogP contribution in [0.4, 0.5) is 31.1 Å². The Hall–Kier alpha value is -3.48. The highest BCUT2D eigenvalue weighted by Crippen LogP contribution is 2.37. The Morgan fingerprint density at radius 3 is 2.21 bits per heavy atom. The predicted octanol–water partition coefficient (Wildman–Crippen LogP) is 4.88. The minimum Gasteiger partial charge on any atom is -0.334 e. The number of urea groups is 1. The summed E-state index contributed by atoms with van der Waals surface area (Å²) in [5.74, 6) is -0.730. The lowest BCUT2D eigenvalue weighted by molar-refractivity contribution is -0.172. The molecule has 1 N–H and O–H groups in total. The molecule has 4 amide bonds. The zero-order chi connectivity index (χ0) is 28.8. The molecule has 7 nitrogen and oxygen atoms in total. The highest BCUT2D eigenvalue weighted by atomic mass is 35.5. The van der Waals surface area contributed by atoms with E-state index < -0.39 is 47.3 Å². The summed E-state index contributed by atoms with van der Waals surface area (Å²) in [7, 11) is 0. The van der Waals surface area contributed by atoms with E-state index in [1.54, 1.807) is 31.2 Å². The van der Waals surface area contributed by atoms with Crippen LogP contribution in [0.25, 0.3) is 0 Å². The van der Waals surface area contributed by atoms with Crippen LogP contribution in [-0.2, 0) is 35.0 Å². The highest BCUT2D eigenvalue weighted by Gasteiger charge is 2.52. The lowest BCUT2D eigenvalue weighted by atomic mass is 9.98. The van der Waals surface area contributed by atoms with Crippen molar-refractivity contribution >= 4 is 29.4 Å². The van der Waals surface area contributed by atoms with Crippen LogP contribution in [-0.4, -0.2) is 57.8 Å². The van der Waals surface area contributed by atoms with E-state index in [1.165, 1.54) is 14.7 Å². The van der Waals surface area contributed by atoms with E-state index in [0.717, 1.165) is 0 Å². The summed E-state index contributed by atoms with van der Waals surface area (Å²) in [6, 6.07) is 7.11. The van der Waals surface area contributed by atoms with Gasteiger partial charge < -0.3 is 15.1 Å². The van der Waals surface area contributed by atoms with E-state index in [4.69, 9.17) is 11.6 Å². The summed E-state index contributed by atoms with van der Waals surface area (Å²) in [5, 5.41) is 2.80. The van der Waals surface area contributed by atoms with Crippen LogP contribution in [0.1, 0.15) is 35.6 Å². The van der Waals surface area contributed by atoms with E-state index in [0.29, 0.717) is 22.7 Å². The van der Waals surface area contributed by atoms with Gasteiger partial charge in [0.25, 0.3) is 0 Å². The Morgan fingerprint density at radius 1 is 1.00 bits per heavy atom. The number of piperazine rings is 1. The zero-order valence-electron chi connectivity index (χ0n) is 20.5. The van der Waals surface area contributed by atoms with E-state index in [1.807, 2.05) is 0 Å². The van der Waals surface area contributed by atoms with Gasteiger partial charge in [0.2, 0.25) is 11.8 Å². The number of amides is 4. The standard InChI is InChI=1S/C25H23ClF6N4O3/c1-23-14-34(12-16-4-2-3-5-19(16)26)21(38)13-36(23)20(37)6-7-35(23)22(39)33-11-15-8-17(24(27,28)29)10-18(9-15)25(30,31)32/h2-5,8-10H,6-7,11-14H2,1H3,(H,33,39)/t23-/m1/s1. The Bertz CT molecular complexity index is 1270. The number of carbonyl (C=O) groups excluding carboxylic acids is 3. The second kappa shape index (κ2) is 10.2.